The van der Waals surface area contributed by atoms with E-state index in [0.717, 1.165) is 60.7 Å². The van der Waals surface area contributed by atoms with Crippen LogP contribution < -0.4 is 67.8 Å². The number of carbonyl (C=O) groups excluding carboxylic acids is 11. The van der Waals surface area contributed by atoms with Crippen molar-refractivity contribution in [1.29, 1.82) is 0 Å². The van der Waals surface area contributed by atoms with Crippen LogP contribution in [0.2, 0.25) is 0 Å². The number of hydrogen-bond acceptors (Lipinski definition) is 21. The minimum Gasteiger partial charge on any atom is -0.497 e. The van der Waals surface area contributed by atoms with Gasteiger partial charge in [-0.2, -0.15) is 0 Å². The van der Waals surface area contributed by atoms with Crippen LogP contribution in [0.4, 0.5) is 8.78 Å². The van der Waals surface area contributed by atoms with Crippen LogP contribution in [0, 0.1) is 18.6 Å². The molecule has 0 saturated carbocycles. The van der Waals surface area contributed by atoms with Gasteiger partial charge in [-0.3, -0.25) is 62.3 Å². The summed E-state index contributed by atoms with van der Waals surface area (Å²) in [6.07, 6.45) is -1.40. The van der Waals surface area contributed by atoms with Crippen molar-refractivity contribution in [2.75, 3.05) is 33.1 Å². The van der Waals surface area contributed by atoms with Gasteiger partial charge >= 0.3 is 11.9 Å². The Morgan fingerprint density at radius 2 is 1.28 bits per heavy atom. The van der Waals surface area contributed by atoms with Crippen LogP contribution in [0.1, 0.15) is 107 Å². The number of nitrogens with one attached hydrogen (secondary N) is 12. The first-order chi connectivity index (χ1) is 55.2. The van der Waals surface area contributed by atoms with E-state index in [1.54, 1.807) is 37.3 Å². The van der Waals surface area contributed by atoms with Gasteiger partial charge in [-0.25, -0.2) is 31.9 Å². The fourth-order valence-corrected chi connectivity index (χ4v) is 13.7. The third-order valence-electron chi connectivity index (χ3n) is 19.4. The second-order valence-electron chi connectivity index (χ2n) is 28.7. The number of ether oxygens (including phenoxy) is 2. The van der Waals surface area contributed by atoms with Crippen molar-refractivity contribution in [2.45, 2.75) is 184 Å². The number of aryl methyl sites for hydroxylation is 2. The van der Waals surface area contributed by atoms with Crippen molar-refractivity contribution >= 4 is 86.9 Å². The number of aromatic amines is 2. The molecule has 1 fully saturated rings. The number of benzene rings is 4. The van der Waals surface area contributed by atoms with Crippen molar-refractivity contribution in [3.8, 4) is 22.6 Å². The molecule has 37 nitrogen and oxygen atoms in total. The Hall–Kier alpha value is -12.3. The number of carbonyl (C=O) groups is 13. The Morgan fingerprint density at radius 3 is 1.85 bits per heavy atom. The topological polar surface area (TPSA) is 562 Å². The minimum atomic E-state index is -4.02. The number of aromatic nitrogens is 4. The number of halogens is 2. The van der Waals surface area contributed by atoms with E-state index in [-0.39, 0.29) is 62.3 Å². The maximum absolute atomic E-state index is 15.7. The van der Waals surface area contributed by atoms with Crippen molar-refractivity contribution in [2.24, 2.45) is 5.73 Å². The van der Waals surface area contributed by atoms with Gasteiger partial charge in [-0.05, 0) is 130 Å². The first kappa shape index (κ1) is 91.9. The molecule has 6 aromatic rings. The largest absolute Gasteiger partial charge is 0.497 e. The van der Waals surface area contributed by atoms with Crippen LogP contribution in [0.5, 0.6) is 11.5 Å². The molecule has 0 aliphatic carbocycles. The number of primary amides is 1. The molecular weight excluding hydrogens is 1560 g/mol. The predicted octanol–water partition coefficient (Wildman–Crippen LogP) is -1.03. The zero-order chi connectivity index (χ0) is 86.2. The van der Waals surface area contributed by atoms with Crippen LogP contribution in [0.15, 0.2) is 110 Å². The predicted molar refractivity (Wildman–Crippen MR) is 413 cm³/mol. The average Bonchev–Trinajstić information content (AvgIpc) is 1.65. The molecule has 2 aromatic heterocycles. The Kier molecular flexibility index (Phi) is 32.8. The zero-order valence-corrected chi connectivity index (χ0v) is 66.2. The Balaban J connectivity index is 1.08. The molecule has 12 atom stereocenters. The number of amides is 11. The summed E-state index contributed by atoms with van der Waals surface area (Å²) in [6.45, 7) is 6.71. The number of methoxy groups -OCH3 is 1. The first-order valence-corrected chi connectivity index (χ1v) is 39.0. The van der Waals surface area contributed by atoms with Gasteiger partial charge in [-0.15, -0.1) is 0 Å². The Morgan fingerprint density at radius 1 is 0.684 bits per heavy atom. The molecule has 117 heavy (non-hydrogen) atoms. The van der Waals surface area contributed by atoms with Crippen molar-refractivity contribution in [1.82, 2.24) is 77.4 Å². The summed E-state index contributed by atoms with van der Waals surface area (Å²) in [5, 5.41) is 63.4. The second-order valence-corrected chi connectivity index (χ2v) is 30.4. The quantitative estimate of drug-likeness (QED) is 0.0217. The van der Waals surface area contributed by atoms with E-state index in [2.05, 4.69) is 72.5 Å². The highest BCUT2D eigenvalue weighted by Crippen LogP contribution is 2.32. The number of aliphatic hydroxyl groups is 2. The lowest BCUT2D eigenvalue weighted by molar-refractivity contribution is -0.146. The van der Waals surface area contributed by atoms with Gasteiger partial charge in [0, 0.05) is 57.5 Å². The SMILES string of the molecule is CCc1cc(OC)ccc1-c1ccc(C[C@H](NC(=O)[C@H](CC(=O)O)NC(=O)[C@H](Cc2c[nH]cn2)NC(=O)[C@@H](NC(=O)C(C)(Cc2ccccc2F)NC(=O)[C@@H](NC(=O)CNC(=O)[C@H](CCC(=O)O)NC(=O)C2(C)CCCN2C(=O)[C@H](Cc2c[nH]cn2)NS(C)(=O)=O)[C@@H](C)O)[C@@H](C)O)C(=O)N[C@@H](CCOc2ccc(F)cc2C)C(N)=O)cc1. The number of nitrogens with two attached hydrogens (primary N) is 1. The number of sulfonamides is 1. The summed E-state index contributed by atoms with van der Waals surface area (Å²) >= 11 is 0. The monoisotopic (exact) mass is 1650 g/mol. The number of likely N-dealkylation sites (tertiary alicyclic amines) is 1. The third-order valence-corrected chi connectivity index (χ3v) is 20.1. The maximum atomic E-state index is 15.7. The molecule has 0 bridgehead atoms. The number of aliphatic carboxylic acids is 2. The van der Waals surface area contributed by atoms with Gasteiger partial charge in [0.1, 0.15) is 82.5 Å². The number of carboxylic acid groups (broad SMARTS) is 2. The number of imidazole rings is 2. The Bertz CT molecular complexity index is 4670. The molecule has 40 heteroatoms. The Labute approximate surface area is 671 Å². The van der Waals surface area contributed by atoms with Gasteiger partial charge in [0.05, 0.1) is 69.2 Å². The average molecular weight is 1650 g/mol. The molecule has 18 N–H and O–H groups in total. The molecule has 0 spiro atoms. The van der Waals surface area contributed by atoms with Gasteiger partial charge in [0.15, 0.2) is 0 Å². The molecule has 1 aliphatic rings. The van der Waals surface area contributed by atoms with Crippen LogP contribution in [0.25, 0.3) is 11.1 Å². The lowest BCUT2D eigenvalue weighted by atomic mass is 9.90. The molecule has 0 radical (unpaired) electrons. The minimum absolute atomic E-state index is 0.000186. The molecular formula is C77H98F2N16O21S. The number of aliphatic hydroxyl groups excluding tert-OH is 2. The summed E-state index contributed by atoms with van der Waals surface area (Å²) in [5.74, 6) is -16.4. The van der Waals surface area contributed by atoms with E-state index >= 15 is 4.39 Å². The normalized spacial score (nSPS) is 16.4. The van der Waals surface area contributed by atoms with Gasteiger partial charge in [0.25, 0.3) is 0 Å². The number of rotatable bonds is 44. The van der Waals surface area contributed by atoms with E-state index in [0.29, 0.717) is 29.0 Å². The molecule has 3 heterocycles. The summed E-state index contributed by atoms with van der Waals surface area (Å²) in [5.41, 5.74) is 5.12. The van der Waals surface area contributed by atoms with E-state index in [9.17, 15) is 95.6 Å². The summed E-state index contributed by atoms with van der Waals surface area (Å²) < 4.78 is 67.8. The van der Waals surface area contributed by atoms with Crippen molar-refractivity contribution < 1.29 is 109 Å². The van der Waals surface area contributed by atoms with E-state index in [1.165, 1.54) is 69.4 Å². The molecule has 7 rings (SSSR count). The number of carboxylic acids is 2. The van der Waals surface area contributed by atoms with E-state index in [1.807, 2.05) is 19.1 Å². The molecule has 4 aromatic carbocycles. The van der Waals surface area contributed by atoms with Crippen molar-refractivity contribution in [3.63, 3.8) is 0 Å². The van der Waals surface area contributed by atoms with E-state index in [4.69, 9.17) is 15.2 Å². The smallest absolute Gasteiger partial charge is 0.305 e. The van der Waals surface area contributed by atoms with Crippen LogP contribution >= 0.6 is 0 Å². The maximum Gasteiger partial charge on any atom is 0.305 e. The van der Waals surface area contributed by atoms with Crippen LogP contribution in [-0.2, 0) is 104 Å². The third kappa shape index (κ3) is 26.6. The second kappa shape index (κ2) is 41.8. The van der Waals surface area contributed by atoms with Gasteiger partial charge in [-0.1, -0.05) is 55.5 Å². The highest BCUT2D eigenvalue weighted by molar-refractivity contribution is 7.88. The zero-order valence-electron chi connectivity index (χ0n) is 65.4. The molecule has 632 valence electrons. The highest BCUT2D eigenvalue weighted by atomic mass is 32.2. The highest BCUT2D eigenvalue weighted by Gasteiger charge is 2.49. The number of hydrogen-bond donors (Lipinski definition) is 17. The molecule has 2 unspecified atom stereocenters. The van der Waals surface area contributed by atoms with Crippen LogP contribution in [-0.4, -0.2) is 235 Å². The molecule has 1 saturated heterocycles. The van der Waals surface area contributed by atoms with Gasteiger partial charge in [0.2, 0.25) is 75.0 Å². The fourth-order valence-electron chi connectivity index (χ4n) is 13.0. The molecule has 11 amide bonds. The number of H-pyrrole nitrogens is 2. The fraction of sp³-hybridized carbons (Fsp3) is 0.442. The lowest BCUT2D eigenvalue weighted by Crippen LogP contribution is -2.67. The summed E-state index contributed by atoms with van der Waals surface area (Å²) in [7, 11) is -2.48. The first-order valence-electron chi connectivity index (χ1n) is 37.2. The van der Waals surface area contributed by atoms with Crippen LogP contribution in [0.3, 0.4) is 0 Å². The summed E-state index contributed by atoms with van der Waals surface area (Å²) in [6, 6.07) is 6.62. The number of nitrogens with zero attached hydrogens (tertiary/aromatic N) is 3. The lowest BCUT2D eigenvalue weighted by Gasteiger charge is -2.37. The summed E-state index contributed by atoms with van der Waals surface area (Å²) in [4.78, 5) is 196. The standard InChI is InChI=1S/C77H98F2N16O21S/c1-9-45-31-51(115-7)20-21-52(45)46-17-15-44(16-18-46)30-56(68(105)86-54(66(80)103)25-28-116-60-23-19-48(78)29-41(60)2)87-70(107)58(34-63(101)102)88-69(106)57(32-49-36-81-39-84-49)89-71(108)64(42(3)96)92-74(111)76(5,35-47-13-10-11-14-53(47)79)93-72(109)65(43(4)97)91-61(98)38-83-67(104)55(22-24-62(99)100)90-75(112)77(6)26-12-27-95(77)73(110)59(94-117(8,113)114)33-50-37-82-40-85-50/h10-11,13-21,23,29,31,36-37,39-40,42-43,54-59,64-65,94,96-97H,9,12,22,24-28,30,32-35,38H2,1-8H3,(H2,80,103)(H,81,84)(H,82,85)(H,83,104)(H,86,105)(H,87,107)(H,88,106)(H,89,108)(H,90,112)(H,91,98)(H,92,111)(H,93,109)(H,99,100)(H,101,102)/t42-,43-,54+,55+,56+,57+,58+,59+,64+,65+,76?,77?/m1/s1. The van der Waals surface area contributed by atoms with Crippen molar-refractivity contribution in [3.05, 3.63) is 155 Å². The molecule has 1 aliphatic heterocycles. The van der Waals surface area contributed by atoms with E-state index < -0.39 is 209 Å². The van der Waals surface area contributed by atoms with Gasteiger partial charge < -0.3 is 98.4 Å².